The number of anilines is 1. The Labute approximate surface area is 113 Å². The van der Waals surface area contributed by atoms with Crippen LogP contribution in [0.25, 0.3) is 5.65 Å². The number of hydrogen-bond donors (Lipinski definition) is 1. The standard InChI is InChI=1S/C12H10N6O2/c19-18(20)10-2-1-5-14-12(10)15-8-9-3-6-13-11-4-7-16-17(9)11/h1-7H,8H2,(H,14,15). The predicted octanol–water partition coefficient (Wildman–Crippen LogP) is 1.64. The first-order chi connectivity index (χ1) is 9.75. The van der Waals surface area contributed by atoms with Crippen LogP contribution in [0.2, 0.25) is 0 Å². The smallest absolute Gasteiger partial charge is 0.311 e. The third kappa shape index (κ3) is 2.14. The van der Waals surface area contributed by atoms with Crippen molar-refractivity contribution in [3.63, 3.8) is 0 Å². The highest BCUT2D eigenvalue weighted by molar-refractivity contribution is 5.55. The summed E-state index contributed by atoms with van der Waals surface area (Å²) in [5, 5.41) is 18.0. The minimum atomic E-state index is -0.467. The van der Waals surface area contributed by atoms with Crippen molar-refractivity contribution in [1.82, 2.24) is 19.6 Å². The molecule has 0 amide bonds. The molecule has 100 valence electrons. The third-order valence-electron chi connectivity index (χ3n) is 2.79. The van der Waals surface area contributed by atoms with Gasteiger partial charge in [-0.1, -0.05) is 0 Å². The van der Waals surface area contributed by atoms with Gasteiger partial charge in [0.15, 0.2) is 5.65 Å². The van der Waals surface area contributed by atoms with Crippen LogP contribution in [0.15, 0.2) is 42.9 Å². The molecule has 0 aliphatic carbocycles. The van der Waals surface area contributed by atoms with Gasteiger partial charge in [0.1, 0.15) is 0 Å². The Hall–Kier alpha value is -3.03. The number of rotatable bonds is 4. The van der Waals surface area contributed by atoms with E-state index in [1.165, 1.54) is 18.3 Å². The second-order valence-electron chi connectivity index (χ2n) is 4.02. The molecule has 3 aromatic rings. The number of nitrogens with one attached hydrogen (secondary N) is 1. The molecular weight excluding hydrogens is 260 g/mol. The molecule has 0 unspecified atom stereocenters. The first-order valence-electron chi connectivity index (χ1n) is 5.86. The van der Waals surface area contributed by atoms with Crippen LogP contribution in [-0.4, -0.2) is 24.5 Å². The normalized spacial score (nSPS) is 10.6. The van der Waals surface area contributed by atoms with Gasteiger partial charge in [-0.3, -0.25) is 10.1 Å². The summed E-state index contributed by atoms with van der Waals surface area (Å²) < 4.78 is 1.67. The van der Waals surface area contributed by atoms with E-state index in [2.05, 4.69) is 20.4 Å². The van der Waals surface area contributed by atoms with E-state index < -0.39 is 4.92 Å². The third-order valence-corrected chi connectivity index (χ3v) is 2.79. The van der Waals surface area contributed by atoms with E-state index in [9.17, 15) is 10.1 Å². The summed E-state index contributed by atoms with van der Waals surface area (Å²) in [5.74, 6) is 0.231. The quantitative estimate of drug-likeness (QED) is 0.571. The second kappa shape index (κ2) is 4.92. The molecule has 3 aromatic heterocycles. The van der Waals surface area contributed by atoms with Crippen LogP contribution in [0.3, 0.4) is 0 Å². The van der Waals surface area contributed by atoms with E-state index in [1.807, 2.05) is 0 Å². The van der Waals surface area contributed by atoms with Crippen molar-refractivity contribution in [3.8, 4) is 0 Å². The number of pyridine rings is 1. The molecule has 0 spiro atoms. The summed E-state index contributed by atoms with van der Waals surface area (Å²) >= 11 is 0. The Morgan fingerprint density at radius 1 is 1.20 bits per heavy atom. The zero-order valence-electron chi connectivity index (χ0n) is 10.3. The molecule has 0 fully saturated rings. The second-order valence-corrected chi connectivity index (χ2v) is 4.02. The van der Waals surface area contributed by atoms with E-state index >= 15 is 0 Å². The van der Waals surface area contributed by atoms with E-state index in [4.69, 9.17) is 0 Å². The van der Waals surface area contributed by atoms with Crippen molar-refractivity contribution in [1.29, 1.82) is 0 Å². The van der Waals surface area contributed by atoms with Crippen LogP contribution < -0.4 is 5.32 Å². The highest BCUT2D eigenvalue weighted by Crippen LogP contribution is 2.20. The summed E-state index contributed by atoms with van der Waals surface area (Å²) in [6.45, 7) is 0.360. The Bertz CT molecular complexity index is 769. The maximum atomic E-state index is 10.9. The maximum Gasteiger partial charge on any atom is 0.311 e. The predicted molar refractivity (Wildman–Crippen MR) is 71.2 cm³/mol. The lowest BCUT2D eigenvalue weighted by molar-refractivity contribution is -0.384. The summed E-state index contributed by atoms with van der Waals surface area (Å²) in [6.07, 6.45) is 4.82. The molecule has 0 bridgehead atoms. The van der Waals surface area contributed by atoms with Crippen LogP contribution in [-0.2, 0) is 6.54 Å². The zero-order chi connectivity index (χ0) is 13.9. The largest absolute Gasteiger partial charge is 0.359 e. The molecule has 1 N–H and O–H groups in total. The SMILES string of the molecule is O=[N+]([O-])c1cccnc1NCc1ccnc2ccnn12. The van der Waals surface area contributed by atoms with Gasteiger partial charge in [0, 0.05) is 24.5 Å². The van der Waals surface area contributed by atoms with Gasteiger partial charge in [0.2, 0.25) is 5.82 Å². The minimum Gasteiger partial charge on any atom is -0.359 e. The summed E-state index contributed by atoms with van der Waals surface area (Å²) in [6, 6.07) is 6.52. The molecule has 3 heterocycles. The number of fused-ring (bicyclic) bond motifs is 1. The van der Waals surface area contributed by atoms with Crippen LogP contribution in [0.5, 0.6) is 0 Å². The van der Waals surface area contributed by atoms with Gasteiger partial charge in [0.05, 0.1) is 23.4 Å². The zero-order valence-corrected chi connectivity index (χ0v) is 10.3. The highest BCUT2D eigenvalue weighted by atomic mass is 16.6. The fraction of sp³-hybridized carbons (Fsp3) is 0.0833. The molecule has 8 nitrogen and oxygen atoms in total. The van der Waals surface area contributed by atoms with Crippen molar-refractivity contribution in [2.24, 2.45) is 0 Å². The Morgan fingerprint density at radius 2 is 2.10 bits per heavy atom. The topological polar surface area (TPSA) is 98.2 Å². The van der Waals surface area contributed by atoms with Gasteiger partial charge in [-0.2, -0.15) is 5.10 Å². The van der Waals surface area contributed by atoms with Crippen LogP contribution in [0.4, 0.5) is 11.5 Å². The van der Waals surface area contributed by atoms with E-state index in [0.29, 0.717) is 6.54 Å². The van der Waals surface area contributed by atoms with Crippen molar-refractivity contribution in [2.45, 2.75) is 6.54 Å². The van der Waals surface area contributed by atoms with E-state index in [-0.39, 0.29) is 11.5 Å². The first-order valence-corrected chi connectivity index (χ1v) is 5.86. The monoisotopic (exact) mass is 270 g/mol. The number of nitro groups is 1. The average Bonchev–Trinajstić information content (AvgIpc) is 2.94. The summed E-state index contributed by atoms with van der Waals surface area (Å²) in [7, 11) is 0. The fourth-order valence-electron chi connectivity index (χ4n) is 1.87. The Morgan fingerprint density at radius 3 is 2.95 bits per heavy atom. The average molecular weight is 270 g/mol. The van der Waals surface area contributed by atoms with E-state index in [1.54, 1.807) is 29.0 Å². The highest BCUT2D eigenvalue weighted by Gasteiger charge is 2.14. The fourth-order valence-corrected chi connectivity index (χ4v) is 1.87. The molecule has 20 heavy (non-hydrogen) atoms. The molecule has 0 aromatic carbocycles. The van der Waals surface area contributed by atoms with Gasteiger partial charge in [-0.15, -0.1) is 0 Å². The molecule has 3 rings (SSSR count). The lowest BCUT2D eigenvalue weighted by Gasteiger charge is -2.07. The number of aromatic nitrogens is 4. The lowest BCUT2D eigenvalue weighted by Crippen LogP contribution is -2.08. The van der Waals surface area contributed by atoms with Crippen molar-refractivity contribution in [2.75, 3.05) is 5.32 Å². The Balaban J connectivity index is 1.87. The van der Waals surface area contributed by atoms with Gasteiger partial charge in [-0.05, 0) is 12.1 Å². The molecule has 0 radical (unpaired) electrons. The van der Waals surface area contributed by atoms with Gasteiger partial charge >= 0.3 is 5.69 Å². The molecule has 0 aliphatic heterocycles. The van der Waals surface area contributed by atoms with E-state index in [0.717, 1.165) is 11.3 Å². The first kappa shape index (κ1) is 12.0. The Kier molecular flexibility index (Phi) is 2.96. The number of hydrogen-bond acceptors (Lipinski definition) is 6. The minimum absolute atomic E-state index is 0.0572. The van der Waals surface area contributed by atoms with Gasteiger partial charge in [0.25, 0.3) is 0 Å². The number of nitrogens with zero attached hydrogens (tertiary/aromatic N) is 5. The van der Waals surface area contributed by atoms with Crippen LogP contribution in [0, 0.1) is 10.1 Å². The molecule has 0 aliphatic rings. The summed E-state index contributed by atoms with van der Waals surface area (Å²) in [4.78, 5) is 18.6. The summed E-state index contributed by atoms with van der Waals surface area (Å²) in [5.41, 5.74) is 1.50. The van der Waals surface area contributed by atoms with Crippen molar-refractivity contribution < 1.29 is 4.92 Å². The molecule has 0 saturated heterocycles. The van der Waals surface area contributed by atoms with Crippen LogP contribution >= 0.6 is 0 Å². The molecule has 0 atom stereocenters. The maximum absolute atomic E-state index is 10.9. The lowest BCUT2D eigenvalue weighted by atomic mass is 10.3. The van der Waals surface area contributed by atoms with Gasteiger partial charge < -0.3 is 5.32 Å². The van der Waals surface area contributed by atoms with Crippen molar-refractivity contribution >= 4 is 17.2 Å². The van der Waals surface area contributed by atoms with Crippen molar-refractivity contribution in [3.05, 3.63) is 58.7 Å². The van der Waals surface area contributed by atoms with Crippen LogP contribution in [0.1, 0.15) is 5.69 Å². The molecular formula is C12H10N6O2. The van der Waals surface area contributed by atoms with Gasteiger partial charge in [-0.25, -0.2) is 14.5 Å². The molecule has 0 saturated carbocycles. The molecule has 8 heteroatoms.